The van der Waals surface area contributed by atoms with Crippen LogP contribution >= 0.6 is 0 Å². The highest BCUT2D eigenvalue weighted by Crippen LogP contribution is 2.26. The molecule has 19 heavy (non-hydrogen) atoms. The van der Waals surface area contributed by atoms with Gasteiger partial charge in [-0.05, 0) is 74.7 Å². The molecule has 1 atom stereocenters. The fourth-order valence-corrected chi connectivity index (χ4v) is 3.80. The molecule has 0 spiro atoms. The number of nitrogens with zero attached hydrogens (tertiary/aromatic N) is 1. The van der Waals surface area contributed by atoms with Crippen molar-refractivity contribution < 1.29 is 0 Å². The van der Waals surface area contributed by atoms with E-state index in [9.17, 15) is 0 Å². The molecule has 3 rings (SSSR count). The Labute approximate surface area is 118 Å². The van der Waals surface area contributed by atoms with Crippen LogP contribution in [0.5, 0.6) is 0 Å². The van der Waals surface area contributed by atoms with Crippen LogP contribution in [0, 0.1) is 0 Å². The van der Waals surface area contributed by atoms with Gasteiger partial charge in [0.25, 0.3) is 0 Å². The molecule has 1 aromatic rings. The smallest absolute Gasteiger partial charge is 0.0136 e. The van der Waals surface area contributed by atoms with E-state index >= 15 is 0 Å². The molecule has 0 radical (unpaired) electrons. The SMILES string of the molecule is CCc1ccc2c(c1)CC(N1CCCC1)CCCC2. The van der Waals surface area contributed by atoms with E-state index in [1.54, 1.807) is 11.1 Å². The van der Waals surface area contributed by atoms with Crippen LogP contribution in [0.25, 0.3) is 0 Å². The highest BCUT2D eigenvalue weighted by atomic mass is 15.2. The summed E-state index contributed by atoms with van der Waals surface area (Å²) in [6.07, 6.45) is 10.8. The van der Waals surface area contributed by atoms with Crippen molar-refractivity contribution in [3.8, 4) is 0 Å². The molecule has 1 unspecified atom stereocenters. The lowest BCUT2D eigenvalue weighted by atomic mass is 9.88. The first-order valence-electron chi connectivity index (χ1n) is 8.21. The molecule has 0 aromatic heterocycles. The van der Waals surface area contributed by atoms with Crippen molar-refractivity contribution in [3.05, 3.63) is 34.9 Å². The van der Waals surface area contributed by atoms with Crippen LogP contribution < -0.4 is 0 Å². The first-order valence-corrected chi connectivity index (χ1v) is 8.21. The van der Waals surface area contributed by atoms with Crippen molar-refractivity contribution in [1.29, 1.82) is 0 Å². The van der Waals surface area contributed by atoms with Crippen molar-refractivity contribution in [2.24, 2.45) is 0 Å². The summed E-state index contributed by atoms with van der Waals surface area (Å²) in [6, 6.07) is 8.05. The van der Waals surface area contributed by atoms with Crippen LogP contribution in [0.1, 0.15) is 55.7 Å². The van der Waals surface area contributed by atoms with E-state index in [1.165, 1.54) is 70.0 Å². The lowest BCUT2D eigenvalue weighted by Gasteiger charge is -2.30. The molecule has 1 aliphatic heterocycles. The summed E-state index contributed by atoms with van der Waals surface area (Å²) in [7, 11) is 0. The topological polar surface area (TPSA) is 3.24 Å². The minimum absolute atomic E-state index is 0.814. The summed E-state index contributed by atoms with van der Waals surface area (Å²) in [5.74, 6) is 0. The van der Waals surface area contributed by atoms with Crippen LogP contribution in [-0.4, -0.2) is 24.0 Å². The zero-order chi connectivity index (χ0) is 13.1. The molecule has 1 saturated heterocycles. The predicted molar refractivity (Wildman–Crippen MR) is 81.7 cm³/mol. The van der Waals surface area contributed by atoms with Crippen LogP contribution in [0.3, 0.4) is 0 Å². The first kappa shape index (κ1) is 13.2. The van der Waals surface area contributed by atoms with E-state index in [2.05, 4.69) is 30.0 Å². The molecule has 2 aliphatic rings. The molecule has 1 fully saturated rings. The van der Waals surface area contributed by atoms with Gasteiger partial charge >= 0.3 is 0 Å². The highest BCUT2D eigenvalue weighted by molar-refractivity contribution is 5.33. The molecule has 104 valence electrons. The van der Waals surface area contributed by atoms with Gasteiger partial charge in [-0.15, -0.1) is 0 Å². The Balaban J connectivity index is 1.83. The van der Waals surface area contributed by atoms with E-state index in [1.807, 2.05) is 0 Å². The third kappa shape index (κ3) is 3.02. The maximum absolute atomic E-state index is 2.76. The fourth-order valence-electron chi connectivity index (χ4n) is 3.80. The summed E-state index contributed by atoms with van der Waals surface area (Å²) in [5, 5.41) is 0. The number of rotatable bonds is 2. The maximum atomic E-state index is 2.76. The molecule has 0 amide bonds. The van der Waals surface area contributed by atoms with Crippen LogP contribution in [0.2, 0.25) is 0 Å². The standard InChI is InChI=1S/C18H27N/c1-2-15-9-10-16-7-3-4-8-18(14-17(16)13-15)19-11-5-6-12-19/h9-10,13,18H,2-8,11-12,14H2,1H3. The van der Waals surface area contributed by atoms with Gasteiger partial charge in [-0.3, -0.25) is 0 Å². The van der Waals surface area contributed by atoms with E-state index in [0.29, 0.717) is 0 Å². The van der Waals surface area contributed by atoms with Crippen molar-refractivity contribution in [1.82, 2.24) is 4.90 Å². The molecule has 1 aliphatic carbocycles. The maximum Gasteiger partial charge on any atom is 0.0136 e. The number of fused-ring (bicyclic) bond motifs is 1. The normalized spacial score (nSPS) is 24.8. The van der Waals surface area contributed by atoms with Gasteiger partial charge in [-0.2, -0.15) is 0 Å². The van der Waals surface area contributed by atoms with Gasteiger partial charge in [-0.1, -0.05) is 31.5 Å². The predicted octanol–water partition coefficient (Wildman–Crippen LogP) is 3.98. The van der Waals surface area contributed by atoms with Crippen molar-refractivity contribution >= 4 is 0 Å². The molecule has 1 nitrogen and oxygen atoms in total. The molecular weight excluding hydrogens is 230 g/mol. The largest absolute Gasteiger partial charge is 0.300 e. The summed E-state index contributed by atoms with van der Waals surface area (Å²) in [6.45, 7) is 4.95. The summed E-state index contributed by atoms with van der Waals surface area (Å²) < 4.78 is 0. The second kappa shape index (κ2) is 6.09. The molecule has 0 saturated carbocycles. The first-order chi connectivity index (χ1) is 9.36. The zero-order valence-corrected chi connectivity index (χ0v) is 12.3. The summed E-state index contributed by atoms with van der Waals surface area (Å²) >= 11 is 0. The third-order valence-corrected chi connectivity index (χ3v) is 5.02. The van der Waals surface area contributed by atoms with Crippen LogP contribution in [0.4, 0.5) is 0 Å². The van der Waals surface area contributed by atoms with Gasteiger partial charge < -0.3 is 4.90 Å². The average molecular weight is 257 g/mol. The molecule has 1 heteroatoms. The van der Waals surface area contributed by atoms with E-state index in [4.69, 9.17) is 0 Å². The Morgan fingerprint density at radius 2 is 1.89 bits per heavy atom. The zero-order valence-electron chi connectivity index (χ0n) is 12.3. The average Bonchev–Trinajstić information content (AvgIpc) is 2.93. The number of likely N-dealkylation sites (tertiary alicyclic amines) is 1. The van der Waals surface area contributed by atoms with Crippen molar-refractivity contribution in [2.45, 2.75) is 64.3 Å². The van der Waals surface area contributed by atoms with Crippen LogP contribution in [0.15, 0.2) is 18.2 Å². The second-order valence-corrected chi connectivity index (χ2v) is 6.30. The van der Waals surface area contributed by atoms with Crippen molar-refractivity contribution in [3.63, 3.8) is 0 Å². The molecule has 1 aromatic carbocycles. The Morgan fingerprint density at radius 1 is 1.05 bits per heavy atom. The summed E-state index contributed by atoms with van der Waals surface area (Å²) in [5.41, 5.74) is 4.79. The van der Waals surface area contributed by atoms with Crippen LogP contribution in [-0.2, 0) is 19.3 Å². The number of hydrogen-bond donors (Lipinski definition) is 0. The number of hydrogen-bond acceptors (Lipinski definition) is 1. The van der Waals surface area contributed by atoms with Gasteiger partial charge in [0.1, 0.15) is 0 Å². The van der Waals surface area contributed by atoms with Gasteiger partial charge in [-0.25, -0.2) is 0 Å². The Kier molecular flexibility index (Phi) is 4.22. The molecule has 1 heterocycles. The number of aryl methyl sites for hydroxylation is 2. The second-order valence-electron chi connectivity index (χ2n) is 6.30. The monoisotopic (exact) mass is 257 g/mol. The van der Waals surface area contributed by atoms with Gasteiger partial charge in [0, 0.05) is 6.04 Å². The minimum Gasteiger partial charge on any atom is -0.300 e. The lowest BCUT2D eigenvalue weighted by molar-refractivity contribution is 0.222. The van der Waals surface area contributed by atoms with Gasteiger partial charge in [0.15, 0.2) is 0 Å². The molecular formula is C18H27N. The summed E-state index contributed by atoms with van der Waals surface area (Å²) in [4.78, 5) is 2.76. The lowest BCUT2D eigenvalue weighted by Crippen LogP contribution is -2.35. The van der Waals surface area contributed by atoms with E-state index in [-0.39, 0.29) is 0 Å². The molecule has 0 N–H and O–H groups in total. The van der Waals surface area contributed by atoms with Gasteiger partial charge in [0.05, 0.1) is 0 Å². The fraction of sp³-hybridized carbons (Fsp3) is 0.667. The Morgan fingerprint density at radius 3 is 2.68 bits per heavy atom. The highest BCUT2D eigenvalue weighted by Gasteiger charge is 2.23. The van der Waals surface area contributed by atoms with E-state index in [0.717, 1.165) is 6.04 Å². The van der Waals surface area contributed by atoms with Crippen molar-refractivity contribution in [2.75, 3.05) is 13.1 Å². The van der Waals surface area contributed by atoms with Gasteiger partial charge in [0.2, 0.25) is 0 Å². The third-order valence-electron chi connectivity index (χ3n) is 5.02. The van der Waals surface area contributed by atoms with E-state index < -0.39 is 0 Å². The quantitative estimate of drug-likeness (QED) is 0.774. The number of benzene rings is 1. The Bertz CT molecular complexity index is 418. The molecule has 0 bridgehead atoms. The minimum atomic E-state index is 0.814. The Hall–Kier alpha value is -0.820.